The van der Waals surface area contributed by atoms with Crippen LogP contribution in [0.2, 0.25) is 0 Å². The summed E-state index contributed by atoms with van der Waals surface area (Å²) >= 11 is 0. The van der Waals surface area contributed by atoms with Crippen LogP contribution in [0.5, 0.6) is 0 Å². The average Bonchev–Trinajstić information content (AvgIpc) is 2.03. The highest BCUT2D eigenvalue weighted by atomic mass is 19.1. The number of halogens is 1. The van der Waals surface area contributed by atoms with E-state index in [-0.39, 0.29) is 6.61 Å². The molecule has 0 unspecified atom stereocenters. The van der Waals surface area contributed by atoms with Crippen molar-refractivity contribution < 1.29 is 9.50 Å². The molecule has 0 spiro atoms. The van der Waals surface area contributed by atoms with E-state index in [1.807, 2.05) is 13.0 Å². The Labute approximate surface area is 78.2 Å². The van der Waals surface area contributed by atoms with Crippen molar-refractivity contribution in [1.82, 2.24) is 0 Å². The highest BCUT2D eigenvalue weighted by molar-refractivity contribution is 5.33. The normalized spacial score (nSPS) is 11.8. The van der Waals surface area contributed by atoms with Gasteiger partial charge >= 0.3 is 0 Å². The van der Waals surface area contributed by atoms with Crippen LogP contribution in [0.1, 0.15) is 30.5 Å². The number of alkyl halides is 1. The van der Waals surface area contributed by atoms with Crippen LogP contribution in [0.25, 0.3) is 0 Å². The average molecular weight is 182 g/mol. The third kappa shape index (κ3) is 2.28. The molecule has 1 aromatic rings. The van der Waals surface area contributed by atoms with E-state index in [4.69, 9.17) is 5.11 Å². The van der Waals surface area contributed by atoms with Crippen LogP contribution >= 0.6 is 0 Å². The Kier molecular flexibility index (Phi) is 2.71. The molecule has 0 saturated carbocycles. The lowest BCUT2D eigenvalue weighted by molar-refractivity contribution is 0.220. The van der Waals surface area contributed by atoms with Gasteiger partial charge in [0.25, 0.3) is 0 Å². The molecule has 1 rings (SSSR count). The van der Waals surface area contributed by atoms with Crippen LogP contribution < -0.4 is 0 Å². The number of hydrogen-bond donors (Lipinski definition) is 1. The number of rotatable bonds is 2. The first kappa shape index (κ1) is 10.2. The number of aliphatic hydroxyl groups is 1. The third-order valence-electron chi connectivity index (χ3n) is 2.21. The summed E-state index contributed by atoms with van der Waals surface area (Å²) in [5.74, 6) is 0. The van der Waals surface area contributed by atoms with Crippen LogP contribution in [0.4, 0.5) is 4.39 Å². The van der Waals surface area contributed by atoms with E-state index in [9.17, 15) is 4.39 Å². The van der Waals surface area contributed by atoms with E-state index >= 15 is 0 Å². The van der Waals surface area contributed by atoms with Crippen molar-refractivity contribution in [2.24, 2.45) is 0 Å². The molecule has 0 bridgehead atoms. The zero-order valence-corrected chi connectivity index (χ0v) is 8.26. The Morgan fingerprint density at radius 2 is 2.00 bits per heavy atom. The lowest BCUT2D eigenvalue weighted by Crippen LogP contribution is -2.09. The topological polar surface area (TPSA) is 20.2 Å². The molecule has 2 heteroatoms. The Balaban J connectivity index is 3.14. The molecule has 1 aromatic carbocycles. The van der Waals surface area contributed by atoms with Crippen LogP contribution in [0, 0.1) is 6.92 Å². The first-order chi connectivity index (χ1) is 5.95. The highest BCUT2D eigenvalue weighted by Crippen LogP contribution is 2.26. The molecule has 0 aromatic heterocycles. The van der Waals surface area contributed by atoms with Crippen molar-refractivity contribution >= 4 is 0 Å². The van der Waals surface area contributed by atoms with Crippen LogP contribution in [-0.4, -0.2) is 5.11 Å². The first-order valence-electron chi connectivity index (χ1n) is 4.35. The summed E-state index contributed by atoms with van der Waals surface area (Å²) in [6, 6.07) is 5.31. The molecule has 13 heavy (non-hydrogen) atoms. The van der Waals surface area contributed by atoms with E-state index in [0.717, 1.165) is 11.1 Å². The molecule has 0 atom stereocenters. The Hall–Kier alpha value is -0.890. The van der Waals surface area contributed by atoms with Gasteiger partial charge in [-0.3, -0.25) is 0 Å². The van der Waals surface area contributed by atoms with Crippen molar-refractivity contribution in [3.8, 4) is 0 Å². The fraction of sp³-hybridized carbons (Fsp3) is 0.455. The molecule has 1 nitrogen and oxygen atoms in total. The molecule has 72 valence electrons. The molecular formula is C11H15FO. The molecule has 0 aliphatic heterocycles. The van der Waals surface area contributed by atoms with Gasteiger partial charge in [0.05, 0.1) is 6.61 Å². The van der Waals surface area contributed by atoms with Gasteiger partial charge in [-0.05, 0) is 37.5 Å². The monoisotopic (exact) mass is 182 g/mol. The minimum absolute atomic E-state index is 0.0320. The maximum Gasteiger partial charge on any atom is 0.130 e. The van der Waals surface area contributed by atoms with Gasteiger partial charge in [0.2, 0.25) is 0 Å². The standard InChI is InChI=1S/C11H15FO/c1-8-4-5-10(11(2,3)12)6-9(8)7-13/h4-6,13H,7H2,1-3H3. The summed E-state index contributed by atoms with van der Waals surface area (Å²) in [6.45, 7) is 4.90. The maximum atomic E-state index is 13.5. The smallest absolute Gasteiger partial charge is 0.130 e. The van der Waals surface area contributed by atoms with Crippen molar-refractivity contribution in [2.75, 3.05) is 0 Å². The van der Waals surface area contributed by atoms with Crippen LogP contribution in [0.15, 0.2) is 18.2 Å². The fourth-order valence-corrected chi connectivity index (χ4v) is 1.21. The summed E-state index contributed by atoms with van der Waals surface area (Å²) in [5.41, 5.74) is 1.07. The van der Waals surface area contributed by atoms with Gasteiger partial charge in [-0.2, -0.15) is 0 Å². The molecule has 0 aliphatic carbocycles. The number of aliphatic hydroxyl groups excluding tert-OH is 1. The quantitative estimate of drug-likeness (QED) is 0.745. The summed E-state index contributed by atoms with van der Waals surface area (Å²) in [4.78, 5) is 0. The van der Waals surface area contributed by atoms with Gasteiger partial charge in [-0.25, -0.2) is 4.39 Å². The van der Waals surface area contributed by atoms with Gasteiger partial charge in [-0.15, -0.1) is 0 Å². The number of hydrogen-bond acceptors (Lipinski definition) is 1. The number of aryl methyl sites for hydroxylation is 1. The van der Waals surface area contributed by atoms with Gasteiger partial charge in [0, 0.05) is 0 Å². The second kappa shape index (κ2) is 3.46. The van der Waals surface area contributed by atoms with E-state index in [2.05, 4.69) is 0 Å². The third-order valence-corrected chi connectivity index (χ3v) is 2.21. The molecule has 0 heterocycles. The Morgan fingerprint density at radius 1 is 1.38 bits per heavy atom. The second-order valence-corrected chi connectivity index (χ2v) is 3.77. The molecule has 0 fully saturated rings. The minimum atomic E-state index is -1.34. The molecule has 0 aliphatic rings. The van der Waals surface area contributed by atoms with Crippen molar-refractivity contribution in [3.63, 3.8) is 0 Å². The summed E-state index contributed by atoms with van der Waals surface area (Å²) in [5, 5.41) is 8.99. The van der Waals surface area contributed by atoms with Gasteiger partial charge in [0.1, 0.15) is 5.67 Å². The van der Waals surface area contributed by atoms with E-state index < -0.39 is 5.67 Å². The zero-order valence-electron chi connectivity index (χ0n) is 8.26. The van der Waals surface area contributed by atoms with Crippen molar-refractivity contribution in [2.45, 2.75) is 33.0 Å². The second-order valence-electron chi connectivity index (χ2n) is 3.77. The van der Waals surface area contributed by atoms with Gasteiger partial charge < -0.3 is 5.11 Å². The molecule has 1 N–H and O–H groups in total. The highest BCUT2D eigenvalue weighted by Gasteiger charge is 2.18. The predicted octanol–water partition coefficient (Wildman–Crippen LogP) is 2.69. The minimum Gasteiger partial charge on any atom is -0.392 e. The molecule has 0 saturated heterocycles. The number of benzene rings is 1. The van der Waals surface area contributed by atoms with Gasteiger partial charge in [0.15, 0.2) is 0 Å². The largest absolute Gasteiger partial charge is 0.392 e. The predicted molar refractivity (Wildman–Crippen MR) is 51.2 cm³/mol. The van der Waals surface area contributed by atoms with Crippen molar-refractivity contribution in [1.29, 1.82) is 0 Å². The zero-order chi connectivity index (χ0) is 10.1. The SMILES string of the molecule is Cc1ccc(C(C)(C)F)cc1CO. The van der Waals surface area contributed by atoms with E-state index in [1.54, 1.807) is 12.1 Å². The van der Waals surface area contributed by atoms with E-state index in [1.165, 1.54) is 13.8 Å². The first-order valence-corrected chi connectivity index (χ1v) is 4.35. The van der Waals surface area contributed by atoms with Gasteiger partial charge in [-0.1, -0.05) is 18.2 Å². The van der Waals surface area contributed by atoms with Crippen LogP contribution in [-0.2, 0) is 12.3 Å². The molecule has 0 amide bonds. The maximum absolute atomic E-state index is 13.5. The molecular weight excluding hydrogens is 167 g/mol. The van der Waals surface area contributed by atoms with Crippen molar-refractivity contribution in [3.05, 3.63) is 34.9 Å². The Morgan fingerprint density at radius 3 is 2.46 bits per heavy atom. The Bertz CT molecular complexity index is 299. The summed E-state index contributed by atoms with van der Waals surface area (Å²) in [7, 11) is 0. The lowest BCUT2D eigenvalue weighted by Gasteiger charge is -2.16. The lowest BCUT2D eigenvalue weighted by atomic mass is 9.96. The van der Waals surface area contributed by atoms with E-state index in [0.29, 0.717) is 5.56 Å². The summed E-state index contributed by atoms with van der Waals surface area (Å²) < 4.78 is 13.5. The summed E-state index contributed by atoms with van der Waals surface area (Å²) in [6.07, 6.45) is 0. The van der Waals surface area contributed by atoms with Crippen LogP contribution in [0.3, 0.4) is 0 Å². The fourth-order valence-electron chi connectivity index (χ4n) is 1.21. The molecule has 0 radical (unpaired) electrons.